The van der Waals surface area contributed by atoms with Gasteiger partial charge in [-0.3, -0.25) is 9.79 Å². The predicted molar refractivity (Wildman–Crippen MR) is 138 cm³/mol. The molecule has 166 valence electrons. The van der Waals surface area contributed by atoms with E-state index in [4.69, 9.17) is 4.52 Å². The van der Waals surface area contributed by atoms with E-state index < -0.39 is 0 Å². The Labute approximate surface area is 201 Å². The number of hydrogen-bond donors (Lipinski definition) is 0. The van der Waals surface area contributed by atoms with Crippen LogP contribution in [0.3, 0.4) is 0 Å². The standard InChI is InChI=1S/C29H22N2O2S/c1-18-23(29(31-33-18)19-7-3-2-4-8-19)11-12-26(32)21-13-22-16-30-17-25(22)24(14-21)28-15-20-9-5-6-10-27(20)34-28/h2-10,13-16H,11-12,17H2,1H3. The number of thiophene rings is 1. The molecule has 1 aliphatic rings. The second kappa shape index (κ2) is 8.50. The Bertz CT molecular complexity index is 1530. The van der Waals surface area contributed by atoms with Crippen molar-refractivity contribution in [3.63, 3.8) is 0 Å². The maximum Gasteiger partial charge on any atom is 0.163 e. The van der Waals surface area contributed by atoms with Crippen LogP contribution in [0.2, 0.25) is 0 Å². The van der Waals surface area contributed by atoms with Crippen LogP contribution < -0.4 is 0 Å². The summed E-state index contributed by atoms with van der Waals surface area (Å²) >= 11 is 1.76. The highest BCUT2D eigenvalue weighted by molar-refractivity contribution is 7.22. The zero-order chi connectivity index (χ0) is 23.1. The fourth-order valence-corrected chi connectivity index (χ4v) is 5.71. The van der Waals surface area contributed by atoms with Crippen LogP contribution in [-0.2, 0) is 13.0 Å². The van der Waals surface area contributed by atoms with Crippen molar-refractivity contribution in [1.29, 1.82) is 0 Å². The fraction of sp³-hybridized carbons (Fsp3) is 0.138. The number of rotatable bonds is 6. The lowest BCUT2D eigenvalue weighted by Gasteiger charge is -2.10. The van der Waals surface area contributed by atoms with Crippen LogP contribution in [0.15, 0.2) is 82.3 Å². The van der Waals surface area contributed by atoms with Crippen LogP contribution in [0, 0.1) is 6.92 Å². The number of nitrogens with zero attached hydrogens (tertiary/aromatic N) is 2. The molecule has 0 amide bonds. The van der Waals surface area contributed by atoms with Crippen molar-refractivity contribution in [2.24, 2.45) is 4.99 Å². The van der Waals surface area contributed by atoms with Crippen molar-refractivity contribution >= 4 is 33.4 Å². The van der Waals surface area contributed by atoms with Gasteiger partial charge in [0.1, 0.15) is 11.5 Å². The molecular weight excluding hydrogens is 440 g/mol. The van der Waals surface area contributed by atoms with E-state index >= 15 is 0 Å². The summed E-state index contributed by atoms with van der Waals surface area (Å²) in [5, 5.41) is 5.48. The van der Waals surface area contributed by atoms with Gasteiger partial charge in [-0.1, -0.05) is 53.7 Å². The molecule has 5 aromatic rings. The van der Waals surface area contributed by atoms with Crippen LogP contribution in [0.5, 0.6) is 0 Å². The van der Waals surface area contributed by atoms with E-state index in [1.54, 1.807) is 11.3 Å². The van der Waals surface area contributed by atoms with Gasteiger partial charge < -0.3 is 4.52 Å². The van der Waals surface area contributed by atoms with Crippen molar-refractivity contribution in [1.82, 2.24) is 5.16 Å². The molecule has 1 aliphatic heterocycles. The topological polar surface area (TPSA) is 55.5 Å². The lowest BCUT2D eigenvalue weighted by Crippen LogP contribution is -2.04. The highest BCUT2D eigenvalue weighted by Gasteiger charge is 2.21. The fourth-order valence-electron chi connectivity index (χ4n) is 4.61. The summed E-state index contributed by atoms with van der Waals surface area (Å²) in [7, 11) is 0. The van der Waals surface area contributed by atoms with Gasteiger partial charge in [0.15, 0.2) is 5.78 Å². The maximum absolute atomic E-state index is 13.4. The number of fused-ring (bicyclic) bond motifs is 2. The van der Waals surface area contributed by atoms with Crippen molar-refractivity contribution in [3.05, 3.63) is 101 Å². The van der Waals surface area contributed by atoms with Gasteiger partial charge in [0.25, 0.3) is 0 Å². The van der Waals surface area contributed by atoms with Gasteiger partial charge in [0, 0.05) is 38.9 Å². The number of benzene rings is 3. The minimum atomic E-state index is 0.116. The Hall–Kier alpha value is -3.83. The van der Waals surface area contributed by atoms with Crippen LogP contribution in [0.25, 0.3) is 31.8 Å². The molecule has 0 saturated carbocycles. The van der Waals surface area contributed by atoms with E-state index in [0.29, 0.717) is 19.4 Å². The van der Waals surface area contributed by atoms with E-state index in [-0.39, 0.29) is 5.78 Å². The molecule has 0 bridgehead atoms. The van der Waals surface area contributed by atoms with Crippen LogP contribution in [-0.4, -0.2) is 17.2 Å². The Morgan fingerprint density at radius 3 is 2.71 bits per heavy atom. The van der Waals surface area contributed by atoms with Crippen LogP contribution in [0.4, 0.5) is 0 Å². The highest BCUT2D eigenvalue weighted by Crippen LogP contribution is 2.38. The lowest BCUT2D eigenvalue weighted by molar-refractivity contribution is 0.0983. The Morgan fingerprint density at radius 1 is 1.03 bits per heavy atom. The number of carbonyl (C=O) groups is 1. The maximum atomic E-state index is 13.4. The number of Topliss-reactive ketones (excluding diaryl/α,β-unsaturated/α-hetero) is 1. The van der Waals surface area contributed by atoms with Crippen molar-refractivity contribution in [2.75, 3.05) is 0 Å². The Kier molecular flexibility index (Phi) is 5.19. The summed E-state index contributed by atoms with van der Waals surface area (Å²) in [6.07, 6.45) is 2.87. The quantitative estimate of drug-likeness (QED) is 0.249. The van der Waals surface area contributed by atoms with E-state index in [0.717, 1.165) is 39.3 Å². The van der Waals surface area contributed by atoms with Gasteiger partial charge in [-0.15, -0.1) is 11.3 Å². The van der Waals surface area contributed by atoms with Crippen molar-refractivity contribution < 1.29 is 9.32 Å². The Morgan fingerprint density at radius 2 is 1.85 bits per heavy atom. The van der Waals surface area contributed by atoms with Crippen LogP contribution in [0.1, 0.15) is 39.2 Å². The zero-order valence-corrected chi connectivity index (χ0v) is 19.6. The van der Waals surface area contributed by atoms with Gasteiger partial charge in [-0.2, -0.15) is 0 Å². The summed E-state index contributed by atoms with van der Waals surface area (Å²) in [5.74, 6) is 0.878. The third kappa shape index (κ3) is 3.68. The third-order valence-corrected chi connectivity index (χ3v) is 7.56. The minimum absolute atomic E-state index is 0.116. The molecule has 0 atom stereocenters. The monoisotopic (exact) mass is 462 g/mol. The average molecular weight is 463 g/mol. The molecule has 0 fully saturated rings. The molecule has 0 N–H and O–H groups in total. The second-order valence-electron chi connectivity index (χ2n) is 8.56. The van der Waals surface area contributed by atoms with Gasteiger partial charge in [0.2, 0.25) is 0 Å². The van der Waals surface area contributed by atoms with Crippen LogP contribution >= 0.6 is 11.3 Å². The van der Waals surface area contributed by atoms with Crippen molar-refractivity contribution in [3.8, 4) is 21.7 Å². The average Bonchev–Trinajstić information content (AvgIpc) is 3.60. The van der Waals surface area contributed by atoms with E-state index in [2.05, 4.69) is 46.5 Å². The third-order valence-electron chi connectivity index (χ3n) is 6.41. The molecule has 0 unspecified atom stereocenters. The first-order chi connectivity index (χ1) is 16.7. The molecule has 0 aliphatic carbocycles. The van der Waals surface area contributed by atoms with Gasteiger partial charge in [0.05, 0.1) is 6.54 Å². The summed E-state index contributed by atoms with van der Waals surface area (Å²) in [6, 6.07) is 24.6. The first kappa shape index (κ1) is 20.8. The number of ketones is 1. The first-order valence-corrected chi connectivity index (χ1v) is 12.2. The summed E-state index contributed by atoms with van der Waals surface area (Å²) in [5.41, 5.74) is 6.90. The summed E-state index contributed by atoms with van der Waals surface area (Å²) in [4.78, 5) is 19.0. The number of carbonyl (C=O) groups excluding carboxylic acids is 1. The molecule has 34 heavy (non-hydrogen) atoms. The van der Waals surface area contributed by atoms with Gasteiger partial charge in [-0.05, 0) is 59.7 Å². The van der Waals surface area contributed by atoms with Gasteiger partial charge in [-0.25, -0.2) is 0 Å². The number of aryl methyl sites for hydroxylation is 1. The Balaban J connectivity index is 1.31. The minimum Gasteiger partial charge on any atom is -0.361 e. The van der Waals surface area contributed by atoms with Crippen molar-refractivity contribution in [2.45, 2.75) is 26.3 Å². The molecule has 3 aromatic carbocycles. The largest absolute Gasteiger partial charge is 0.361 e. The predicted octanol–water partition coefficient (Wildman–Crippen LogP) is 7.28. The first-order valence-electron chi connectivity index (χ1n) is 11.4. The smallest absolute Gasteiger partial charge is 0.163 e. The normalized spacial score (nSPS) is 12.4. The highest BCUT2D eigenvalue weighted by atomic mass is 32.1. The summed E-state index contributed by atoms with van der Waals surface area (Å²) in [6.45, 7) is 2.57. The molecular formula is C29H22N2O2S. The SMILES string of the molecule is Cc1onc(-c2ccccc2)c1CCC(=O)c1cc2c(c(-c3cc4ccccc4s3)c1)CN=C2. The molecule has 2 aromatic heterocycles. The zero-order valence-electron chi connectivity index (χ0n) is 18.7. The number of aromatic nitrogens is 1. The lowest BCUT2D eigenvalue weighted by atomic mass is 9.94. The molecule has 0 saturated heterocycles. The van der Waals surface area contributed by atoms with Gasteiger partial charge >= 0.3 is 0 Å². The number of aliphatic imine (C=N–C) groups is 1. The summed E-state index contributed by atoms with van der Waals surface area (Å²) < 4.78 is 6.73. The molecule has 0 radical (unpaired) electrons. The molecule has 3 heterocycles. The van der Waals surface area contributed by atoms with E-state index in [1.165, 1.54) is 20.5 Å². The molecule has 4 nitrogen and oxygen atoms in total. The number of hydrogen-bond acceptors (Lipinski definition) is 5. The molecule has 6 rings (SSSR count). The molecule has 0 spiro atoms. The van der Waals surface area contributed by atoms with E-state index in [9.17, 15) is 4.79 Å². The molecule has 5 heteroatoms. The second-order valence-corrected chi connectivity index (χ2v) is 9.65. The van der Waals surface area contributed by atoms with E-state index in [1.807, 2.05) is 49.5 Å².